The van der Waals surface area contributed by atoms with Crippen molar-refractivity contribution in [1.29, 1.82) is 0 Å². The molecule has 0 amide bonds. The number of ether oxygens (including phenoxy) is 1. The van der Waals surface area contributed by atoms with Gasteiger partial charge in [-0.3, -0.25) is 4.57 Å². The molecule has 3 aromatic carbocycles. The summed E-state index contributed by atoms with van der Waals surface area (Å²) >= 11 is 0. The maximum absolute atomic E-state index is 6.81. The molecular formula is C45H52N4O. The smallest absolute Gasteiger partial charge is 0.137 e. The fourth-order valence-electron chi connectivity index (χ4n) is 8.44. The van der Waals surface area contributed by atoms with E-state index in [1.807, 2.05) is 6.20 Å². The van der Waals surface area contributed by atoms with E-state index >= 15 is 0 Å². The number of benzene rings is 3. The van der Waals surface area contributed by atoms with Gasteiger partial charge in [-0.25, -0.2) is 9.67 Å². The van der Waals surface area contributed by atoms with Crippen molar-refractivity contribution in [3.63, 3.8) is 0 Å². The van der Waals surface area contributed by atoms with Gasteiger partial charge in [-0.05, 0) is 98.0 Å². The topological polar surface area (TPSA) is 44.9 Å². The summed E-state index contributed by atoms with van der Waals surface area (Å²) in [6, 6.07) is 25.9. The molecule has 0 fully saturated rings. The third-order valence-electron chi connectivity index (χ3n) is 10.6. The van der Waals surface area contributed by atoms with Crippen LogP contribution in [0.2, 0.25) is 0 Å². The van der Waals surface area contributed by atoms with Gasteiger partial charge in [0, 0.05) is 46.0 Å². The first kappa shape index (κ1) is 33.8. The number of pyridine rings is 1. The van der Waals surface area contributed by atoms with Gasteiger partial charge in [0.1, 0.15) is 17.3 Å². The number of aryl methyl sites for hydroxylation is 2. The summed E-state index contributed by atoms with van der Waals surface area (Å²) in [5, 5.41) is 7.69. The zero-order chi connectivity index (χ0) is 35.5. The highest BCUT2D eigenvalue weighted by Gasteiger charge is 2.36. The van der Waals surface area contributed by atoms with Crippen molar-refractivity contribution in [2.24, 2.45) is 11.8 Å². The molecule has 0 saturated heterocycles. The van der Waals surface area contributed by atoms with Gasteiger partial charge in [0.05, 0.1) is 28.1 Å². The van der Waals surface area contributed by atoms with Gasteiger partial charge in [-0.15, -0.1) is 0 Å². The lowest BCUT2D eigenvalue weighted by atomic mass is 9.70. The minimum absolute atomic E-state index is 0.115. The second kappa shape index (κ2) is 12.9. The molecule has 5 nitrogen and oxygen atoms in total. The summed E-state index contributed by atoms with van der Waals surface area (Å²) in [6.45, 7) is 22.9. The number of hydrogen-bond donors (Lipinski definition) is 0. The minimum atomic E-state index is -0.115. The first-order valence-corrected chi connectivity index (χ1v) is 18.4. The molecule has 0 saturated carbocycles. The number of para-hydroxylation sites is 1. The summed E-state index contributed by atoms with van der Waals surface area (Å²) in [4.78, 5) is 4.81. The van der Waals surface area contributed by atoms with Gasteiger partial charge in [-0.2, -0.15) is 5.10 Å². The lowest BCUT2D eigenvalue weighted by Gasteiger charge is -2.34. The Hall–Kier alpha value is -4.64. The highest BCUT2D eigenvalue weighted by atomic mass is 16.5. The molecule has 3 heterocycles. The molecule has 7 rings (SSSR count). The highest BCUT2D eigenvalue weighted by Crippen LogP contribution is 2.46. The highest BCUT2D eigenvalue weighted by molar-refractivity contribution is 6.09. The second-order valence-electron chi connectivity index (χ2n) is 16.0. The SMILES string of the molecule is CCc1ccnc(-n2c3ccccc3c3ccc(Oc4cc(C(C)C)cc(-n5nc(C)c([C@H]6C(C)=C[C@H](C)CC6C)c5C(C)(C)C)c4)cc32)c1. The second-order valence-corrected chi connectivity index (χ2v) is 16.0. The average Bonchev–Trinajstić information content (AvgIpc) is 3.59. The molecule has 0 aliphatic heterocycles. The van der Waals surface area contributed by atoms with Gasteiger partial charge in [0.2, 0.25) is 0 Å². The van der Waals surface area contributed by atoms with E-state index < -0.39 is 0 Å². The molecule has 5 heteroatoms. The number of aromatic nitrogens is 4. The summed E-state index contributed by atoms with van der Waals surface area (Å²) in [5.41, 5.74) is 10.9. The maximum Gasteiger partial charge on any atom is 0.137 e. The van der Waals surface area contributed by atoms with Crippen LogP contribution in [0.4, 0.5) is 0 Å². The minimum Gasteiger partial charge on any atom is -0.457 e. The lowest BCUT2D eigenvalue weighted by Crippen LogP contribution is -2.25. The quantitative estimate of drug-likeness (QED) is 0.160. The van der Waals surface area contributed by atoms with E-state index in [9.17, 15) is 0 Å². The van der Waals surface area contributed by atoms with E-state index in [2.05, 4.69) is 157 Å². The van der Waals surface area contributed by atoms with Crippen LogP contribution in [0.15, 0.2) is 90.6 Å². The number of allylic oxidation sites excluding steroid dienone is 2. The van der Waals surface area contributed by atoms with E-state index in [1.54, 1.807) is 0 Å². The van der Waals surface area contributed by atoms with E-state index in [1.165, 1.54) is 45.2 Å². The summed E-state index contributed by atoms with van der Waals surface area (Å²) in [5.74, 6) is 4.36. The zero-order valence-corrected chi connectivity index (χ0v) is 31.5. The van der Waals surface area contributed by atoms with Crippen LogP contribution >= 0.6 is 0 Å². The fourth-order valence-corrected chi connectivity index (χ4v) is 8.44. The van der Waals surface area contributed by atoms with Crippen molar-refractivity contribution >= 4 is 21.8 Å². The molecule has 6 aromatic rings. The van der Waals surface area contributed by atoms with Crippen LogP contribution in [-0.4, -0.2) is 19.3 Å². The molecule has 0 spiro atoms. The van der Waals surface area contributed by atoms with Crippen LogP contribution in [0, 0.1) is 18.8 Å². The normalized spacial score (nSPS) is 18.3. The first-order valence-electron chi connectivity index (χ1n) is 18.4. The van der Waals surface area contributed by atoms with E-state index in [4.69, 9.17) is 14.8 Å². The third kappa shape index (κ3) is 6.05. The Bertz CT molecular complexity index is 2240. The Morgan fingerprint density at radius 1 is 0.880 bits per heavy atom. The van der Waals surface area contributed by atoms with Crippen LogP contribution in [0.3, 0.4) is 0 Å². The number of hydrogen-bond acceptors (Lipinski definition) is 3. The van der Waals surface area contributed by atoms with Crippen LogP contribution < -0.4 is 4.74 Å². The van der Waals surface area contributed by atoms with Crippen molar-refractivity contribution in [1.82, 2.24) is 19.3 Å². The van der Waals surface area contributed by atoms with Crippen molar-refractivity contribution in [3.05, 3.63) is 119 Å². The third-order valence-corrected chi connectivity index (χ3v) is 10.6. The molecule has 1 aliphatic carbocycles. The maximum atomic E-state index is 6.81. The van der Waals surface area contributed by atoms with Crippen molar-refractivity contribution in [2.75, 3.05) is 0 Å². The molecule has 258 valence electrons. The summed E-state index contributed by atoms with van der Waals surface area (Å²) < 4.78 is 11.3. The monoisotopic (exact) mass is 664 g/mol. The van der Waals surface area contributed by atoms with Gasteiger partial charge in [0.25, 0.3) is 0 Å². The summed E-state index contributed by atoms with van der Waals surface area (Å²) in [6.07, 6.45) is 6.54. The first-order chi connectivity index (χ1) is 23.8. The number of fused-ring (bicyclic) bond motifs is 3. The van der Waals surface area contributed by atoms with E-state index in [0.717, 1.165) is 46.2 Å². The fraction of sp³-hybridized carbons (Fsp3) is 0.378. The molecule has 3 aromatic heterocycles. The molecule has 0 bridgehead atoms. The summed E-state index contributed by atoms with van der Waals surface area (Å²) in [7, 11) is 0. The zero-order valence-electron chi connectivity index (χ0n) is 31.5. The number of nitrogens with zero attached hydrogens (tertiary/aromatic N) is 4. The van der Waals surface area contributed by atoms with Crippen LogP contribution in [0.25, 0.3) is 33.3 Å². The Balaban J connectivity index is 1.36. The Morgan fingerprint density at radius 2 is 1.64 bits per heavy atom. The van der Waals surface area contributed by atoms with E-state index in [0.29, 0.717) is 23.7 Å². The van der Waals surface area contributed by atoms with Crippen molar-refractivity contribution < 1.29 is 4.74 Å². The average molecular weight is 665 g/mol. The Morgan fingerprint density at radius 3 is 2.36 bits per heavy atom. The molecule has 0 radical (unpaired) electrons. The van der Waals surface area contributed by atoms with Gasteiger partial charge in [-0.1, -0.05) is 85.2 Å². The largest absolute Gasteiger partial charge is 0.457 e. The van der Waals surface area contributed by atoms with Crippen LogP contribution in [0.1, 0.15) is 109 Å². The number of rotatable bonds is 7. The standard InChI is InChI=1S/C45H52N4O/c1-11-32-18-19-46-41(22-32)48-39-15-13-12-14-37(39)38-17-16-35(26-40(38)48)50-36-24-33(27(2)3)23-34(25-36)49-44(45(8,9)10)43(31(7)47-49)42-29(5)20-28(4)21-30(42)6/h12-20,22-28,30,42H,11,21H2,1-10H3/t28-,30?,42-/m0/s1. The van der Waals surface area contributed by atoms with Crippen molar-refractivity contribution in [2.45, 2.75) is 99.3 Å². The molecule has 0 N–H and O–H groups in total. The van der Waals surface area contributed by atoms with Crippen molar-refractivity contribution in [3.8, 4) is 23.0 Å². The Kier molecular flexibility index (Phi) is 8.74. The van der Waals surface area contributed by atoms with E-state index in [-0.39, 0.29) is 5.41 Å². The molecule has 3 atom stereocenters. The molecule has 1 unspecified atom stereocenters. The van der Waals surface area contributed by atoms with Gasteiger partial charge in [0.15, 0.2) is 0 Å². The van der Waals surface area contributed by atoms with Crippen LogP contribution in [0.5, 0.6) is 11.5 Å². The predicted molar refractivity (Wildman–Crippen MR) is 209 cm³/mol. The predicted octanol–water partition coefficient (Wildman–Crippen LogP) is 12.2. The molecular weight excluding hydrogens is 613 g/mol. The Labute approximate surface area is 298 Å². The van der Waals surface area contributed by atoms with Crippen LogP contribution in [-0.2, 0) is 11.8 Å². The van der Waals surface area contributed by atoms with Gasteiger partial charge >= 0.3 is 0 Å². The van der Waals surface area contributed by atoms with Gasteiger partial charge < -0.3 is 4.74 Å². The molecule has 1 aliphatic rings. The molecule has 50 heavy (non-hydrogen) atoms. The lowest BCUT2D eigenvalue weighted by molar-refractivity contribution is 0.385.